The molecule has 0 aromatic carbocycles. The van der Waals surface area contributed by atoms with Gasteiger partial charge in [0.25, 0.3) is 0 Å². The molecule has 6 heteroatoms. The third-order valence-electron chi connectivity index (χ3n) is 3.90. The first-order valence-electron chi connectivity index (χ1n) is 6.77. The molecule has 0 aliphatic carbocycles. The maximum Gasteiger partial charge on any atom is 0.225 e. The highest BCUT2D eigenvalue weighted by Gasteiger charge is 2.35. The van der Waals surface area contributed by atoms with E-state index in [0.717, 1.165) is 36.8 Å². The molecule has 0 saturated carbocycles. The van der Waals surface area contributed by atoms with Crippen LogP contribution in [0.2, 0.25) is 0 Å². The maximum absolute atomic E-state index is 12.2. The molecule has 1 aromatic heterocycles. The molecule has 2 aliphatic heterocycles. The molecule has 1 amide bonds. The van der Waals surface area contributed by atoms with Gasteiger partial charge in [-0.2, -0.15) is 0 Å². The second-order valence-electron chi connectivity index (χ2n) is 5.43. The van der Waals surface area contributed by atoms with Crippen LogP contribution >= 0.6 is 11.3 Å². The van der Waals surface area contributed by atoms with Crippen molar-refractivity contribution in [3.8, 4) is 0 Å². The lowest BCUT2D eigenvalue weighted by molar-refractivity contribution is -0.146. The Labute approximate surface area is 116 Å². The highest BCUT2D eigenvalue weighted by atomic mass is 32.1. The Bertz CT molecular complexity index is 462. The van der Waals surface area contributed by atoms with Crippen molar-refractivity contribution in [1.29, 1.82) is 0 Å². The molecule has 0 bridgehead atoms. The van der Waals surface area contributed by atoms with Crippen LogP contribution in [0.1, 0.15) is 18.5 Å². The van der Waals surface area contributed by atoms with Crippen molar-refractivity contribution >= 4 is 22.4 Å². The van der Waals surface area contributed by atoms with Gasteiger partial charge in [0, 0.05) is 37.5 Å². The van der Waals surface area contributed by atoms with E-state index in [1.165, 1.54) is 0 Å². The number of piperidine rings is 1. The Morgan fingerprint density at radius 2 is 2.11 bits per heavy atom. The molecule has 3 heterocycles. The summed E-state index contributed by atoms with van der Waals surface area (Å²) in [6.45, 7) is 4.85. The number of hydrogen-bond donors (Lipinski definition) is 1. The molecule has 104 valence electrons. The lowest BCUT2D eigenvalue weighted by Crippen LogP contribution is -2.56. The number of hydrogen-bond acceptors (Lipinski definition) is 5. The van der Waals surface area contributed by atoms with E-state index in [2.05, 4.69) is 15.3 Å². The topological polar surface area (TPSA) is 56.7 Å². The summed E-state index contributed by atoms with van der Waals surface area (Å²) in [5, 5.41) is 12.4. The molecular weight excluding hydrogens is 262 g/mol. The van der Waals surface area contributed by atoms with Crippen molar-refractivity contribution in [1.82, 2.24) is 9.88 Å². The molecule has 2 aliphatic rings. The van der Waals surface area contributed by atoms with Gasteiger partial charge in [-0.3, -0.25) is 4.79 Å². The van der Waals surface area contributed by atoms with Gasteiger partial charge in [-0.1, -0.05) is 0 Å². The average molecular weight is 281 g/mol. The predicted molar refractivity (Wildman–Crippen MR) is 74.4 cm³/mol. The molecule has 1 N–H and O–H groups in total. The van der Waals surface area contributed by atoms with Crippen LogP contribution in [-0.4, -0.2) is 53.2 Å². The monoisotopic (exact) mass is 281 g/mol. The zero-order valence-electron chi connectivity index (χ0n) is 11.1. The van der Waals surface area contributed by atoms with E-state index < -0.39 is 0 Å². The summed E-state index contributed by atoms with van der Waals surface area (Å²) in [6.07, 6.45) is 1.48. The zero-order chi connectivity index (χ0) is 13.4. The molecule has 1 aromatic rings. The minimum absolute atomic E-state index is 0.129. The Balaban J connectivity index is 1.53. The fourth-order valence-corrected chi connectivity index (χ4v) is 3.55. The summed E-state index contributed by atoms with van der Waals surface area (Å²) in [7, 11) is 0. The van der Waals surface area contributed by atoms with Crippen LogP contribution in [0, 0.1) is 12.8 Å². The average Bonchev–Trinajstić information content (AvgIpc) is 2.81. The second kappa shape index (κ2) is 5.09. The predicted octanol–water partition coefficient (Wildman–Crippen LogP) is 0.871. The van der Waals surface area contributed by atoms with Crippen molar-refractivity contribution in [2.45, 2.75) is 25.9 Å². The number of carbonyl (C=O) groups is 1. The number of rotatable bonds is 2. The van der Waals surface area contributed by atoms with Gasteiger partial charge in [0.15, 0.2) is 5.13 Å². The second-order valence-corrected chi connectivity index (χ2v) is 6.27. The third kappa shape index (κ3) is 2.60. The zero-order valence-corrected chi connectivity index (χ0v) is 11.9. The number of aryl methyl sites for hydroxylation is 1. The van der Waals surface area contributed by atoms with Gasteiger partial charge < -0.3 is 14.9 Å². The molecule has 0 unspecified atom stereocenters. The summed E-state index contributed by atoms with van der Waals surface area (Å²) in [4.78, 5) is 20.7. The van der Waals surface area contributed by atoms with E-state index >= 15 is 0 Å². The van der Waals surface area contributed by atoms with Crippen molar-refractivity contribution in [3.63, 3.8) is 0 Å². The van der Waals surface area contributed by atoms with E-state index in [1.807, 2.05) is 6.92 Å². The molecular formula is C13H19N3O2S. The number of β-amino-alcohol motifs (C(OH)–C–C–N with tert-alkyl or cyclic N) is 1. The Kier molecular flexibility index (Phi) is 3.45. The van der Waals surface area contributed by atoms with Crippen LogP contribution < -0.4 is 4.90 Å². The third-order valence-corrected chi connectivity index (χ3v) is 4.91. The van der Waals surface area contributed by atoms with Gasteiger partial charge in [0.2, 0.25) is 5.91 Å². The number of anilines is 1. The van der Waals surface area contributed by atoms with Crippen molar-refractivity contribution in [3.05, 3.63) is 11.1 Å². The smallest absolute Gasteiger partial charge is 0.225 e. The lowest BCUT2D eigenvalue weighted by atomic mass is 9.94. The summed E-state index contributed by atoms with van der Waals surface area (Å²) >= 11 is 1.67. The van der Waals surface area contributed by atoms with E-state index in [4.69, 9.17) is 0 Å². The number of aliphatic hydroxyl groups excluding tert-OH is 1. The highest BCUT2D eigenvalue weighted by molar-refractivity contribution is 7.13. The fraction of sp³-hybridized carbons (Fsp3) is 0.692. The Morgan fingerprint density at radius 3 is 2.63 bits per heavy atom. The molecule has 19 heavy (non-hydrogen) atoms. The van der Waals surface area contributed by atoms with Crippen molar-refractivity contribution in [2.24, 2.45) is 5.92 Å². The number of carbonyl (C=O) groups excluding carboxylic acids is 1. The first kappa shape index (κ1) is 12.9. The molecule has 3 rings (SSSR count). The van der Waals surface area contributed by atoms with Gasteiger partial charge >= 0.3 is 0 Å². The molecule has 2 saturated heterocycles. The Morgan fingerprint density at radius 1 is 1.42 bits per heavy atom. The molecule has 2 fully saturated rings. The maximum atomic E-state index is 12.2. The summed E-state index contributed by atoms with van der Waals surface area (Å²) in [5.41, 5.74) is 1.06. The minimum atomic E-state index is -0.303. The van der Waals surface area contributed by atoms with E-state index in [0.29, 0.717) is 13.1 Å². The number of nitrogens with zero attached hydrogens (tertiary/aromatic N) is 3. The van der Waals surface area contributed by atoms with E-state index in [9.17, 15) is 9.90 Å². The SMILES string of the molecule is Cc1csc(N2CCC(C(=O)N3CC(O)C3)CC2)n1. The molecule has 0 spiro atoms. The van der Waals surface area contributed by atoms with E-state index in [1.54, 1.807) is 16.2 Å². The number of amides is 1. The van der Waals surface area contributed by atoms with Crippen LogP contribution in [0.3, 0.4) is 0 Å². The van der Waals surface area contributed by atoms with Crippen LogP contribution in [0.25, 0.3) is 0 Å². The Hall–Kier alpha value is -1.14. The van der Waals surface area contributed by atoms with Gasteiger partial charge in [-0.25, -0.2) is 4.98 Å². The minimum Gasteiger partial charge on any atom is -0.389 e. The number of likely N-dealkylation sites (tertiary alicyclic amines) is 1. The van der Waals surface area contributed by atoms with Crippen LogP contribution in [0.5, 0.6) is 0 Å². The normalized spacial score (nSPS) is 21.6. The quantitative estimate of drug-likeness (QED) is 0.874. The summed E-state index contributed by atoms with van der Waals surface area (Å²) in [5.74, 6) is 0.352. The highest BCUT2D eigenvalue weighted by Crippen LogP contribution is 2.27. The fourth-order valence-electron chi connectivity index (χ4n) is 2.70. The van der Waals surface area contributed by atoms with Crippen molar-refractivity contribution < 1.29 is 9.90 Å². The largest absolute Gasteiger partial charge is 0.389 e. The number of aliphatic hydroxyl groups is 1. The first-order chi connectivity index (χ1) is 9.13. The van der Waals surface area contributed by atoms with Crippen molar-refractivity contribution in [2.75, 3.05) is 31.1 Å². The summed E-state index contributed by atoms with van der Waals surface area (Å²) < 4.78 is 0. The van der Waals surface area contributed by atoms with Gasteiger partial charge in [-0.15, -0.1) is 11.3 Å². The summed E-state index contributed by atoms with van der Waals surface area (Å²) in [6, 6.07) is 0. The number of thiazole rings is 1. The molecule has 0 atom stereocenters. The number of aromatic nitrogens is 1. The lowest BCUT2D eigenvalue weighted by Gasteiger charge is -2.40. The van der Waals surface area contributed by atoms with Crippen LogP contribution in [-0.2, 0) is 4.79 Å². The van der Waals surface area contributed by atoms with Crippen LogP contribution in [0.15, 0.2) is 5.38 Å². The standard InChI is InChI=1S/C13H19N3O2S/c1-9-8-19-13(14-9)15-4-2-10(3-5-15)12(18)16-6-11(17)7-16/h8,10-11,17H,2-7H2,1H3. The first-order valence-corrected chi connectivity index (χ1v) is 7.65. The van der Waals surface area contributed by atoms with Gasteiger partial charge in [0.05, 0.1) is 11.8 Å². The van der Waals surface area contributed by atoms with E-state index in [-0.39, 0.29) is 17.9 Å². The van der Waals surface area contributed by atoms with Gasteiger partial charge in [-0.05, 0) is 19.8 Å². The molecule has 0 radical (unpaired) electrons. The van der Waals surface area contributed by atoms with Crippen LogP contribution in [0.4, 0.5) is 5.13 Å². The van der Waals surface area contributed by atoms with Gasteiger partial charge in [0.1, 0.15) is 0 Å². The molecule has 5 nitrogen and oxygen atoms in total.